The standard InChI is InChI=1S/C23H23N5O2/c1-2-21(29)17-12-19-20(13-17)25-23(26-22(19)27-8-10-30-11-9-27)28-15-18(14-24-28)16-6-4-3-5-7-16/h3-7,13-15H,2,8-12H2,1H3. The Hall–Kier alpha value is -3.32. The molecule has 0 amide bonds. The van der Waals surface area contributed by atoms with Gasteiger partial charge in [-0.05, 0) is 11.6 Å². The Kier molecular flexibility index (Phi) is 4.88. The summed E-state index contributed by atoms with van der Waals surface area (Å²) in [4.78, 5) is 24.2. The van der Waals surface area contributed by atoms with E-state index < -0.39 is 0 Å². The van der Waals surface area contributed by atoms with Crippen LogP contribution in [0.1, 0.15) is 24.6 Å². The molecule has 0 saturated carbocycles. The zero-order valence-electron chi connectivity index (χ0n) is 16.9. The van der Waals surface area contributed by atoms with Crippen molar-refractivity contribution in [1.29, 1.82) is 0 Å². The first kappa shape index (κ1) is 18.7. The number of Topliss-reactive ketones (excluding diaryl/α,β-unsaturated/α-hetero) is 1. The van der Waals surface area contributed by atoms with Gasteiger partial charge in [0.05, 0.1) is 25.1 Å². The zero-order valence-corrected chi connectivity index (χ0v) is 16.9. The van der Waals surface area contributed by atoms with Crippen LogP contribution in [0.4, 0.5) is 5.82 Å². The first-order valence-corrected chi connectivity index (χ1v) is 10.3. The number of allylic oxidation sites excluding steroid dienone is 1. The van der Waals surface area contributed by atoms with Crippen molar-refractivity contribution >= 4 is 17.7 Å². The predicted octanol–water partition coefficient (Wildman–Crippen LogP) is 3.08. The topological polar surface area (TPSA) is 73.1 Å². The largest absolute Gasteiger partial charge is 0.378 e. The van der Waals surface area contributed by atoms with E-state index in [2.05, 4.69) is 22.1 Å². The van der Waals surface area contributed by atoms with Gasteiger partial charge in [-0.15, -0.1) is 0 Å². The molecule has 5 rings (SSSR count). The van der Waals surface area contributed by atoms with Crippen molar-refractivity contribution in [3.05, 3.63) is 59.6 Å². The van der Waals surface area contributed by atoms with Gasteiger partial charge in [0.2, 0.25) is 0 Å². The molecule has 2 aliphatic rings. The molecule has 0 atom stereocenters. The van der Waals surface area contributed by atoms with Gasteiger partial charge in [0.15, 0.2) is 5.78 Å². The van der Waals surface area contributed by atoms with Crippen LogP contribution < -0.4 is 4.90 Å². The van der Waals surface area contributed by atoms with E-state index in [-0.39, 0.29) is 5.78 Å². The average molecular weight is 401 g/mol. The molecule has 30 heavy (non-hydrogen) atoms. The lowest BCUT2D eigenvalue weighted by molar-refractivity contribution is -0.115. The smallest absolute Gasteiger partial charge is 0.253 e. The van der Waals surface area contributed by atoms with Crippen LogP contribution >= 0.6 is 0 Å². The number of anilines is 1. The van der Waals surface area contributed by atoms with Gasteiger partial charge in [-0.3, -0.25) is 4.79 Å². The molecule has 0 N–H and O–H groups in total. The minimum absolute atomic E-state index is 0.160. The van der Waals surface area contributed by atoms with E-state index in [4.69, 9.17) is 14.7 Å². The van der Waals surface area contributed by atoms with Gasteiger partial charge in [0, 0.05) is 48.8 Å². The number of fused-ring (bicyclic) bond motifs is 1. The molecule has 1 fully saturated rings. The number of benzene rings is 1. The molecule has 2 aromatic heterocycles. The predicted molar refractivity (Wildman–Crippen MR) is 115 cm³/mol. The monoisotopic (exact) mass is 401 g/mol. The molecular formula is C23H23N5O2. The molecule has 1 aliphatic heterocycles. The number of nitrogens with zero attached hydrogens (tertiary/aromatic N) is 5. The second-order valence-electron chi connectivity index (χ2n) is 7.47. The summed E-state index contributed by atoms with van der Waals surface area (Å²) in [6.07, 6.45) is 6.76. The molecule has 1 aromatic carbocycles. The molecule has 3 heterocycles. The quantitative estimate of drug-likeness (QED) is 0.654. The highest BCUT2D eigenvalue weighted by Gasteiger charge is 2.27. The number of ketones is 1. The summed E-state index contributed by atoms with van der Waals surface area (Å²) in [5.74, 6) is 1.55. The molecule has 0 unspecified atom stereocenters. The molecular weight excluding hydrogens is 378 g/mol. The van der Waals surface area contributed by atoms with Crippen molar-refractivity contribution < 1.29 is 9.53 Å². The Balaban J connectivity index is 1.57. The van der Waals surface area contributed by atoms with Gasteiger partial charge in [0.1, 0.15) is 5.82 Å². The van der Waals surface area contributed by atoms with Gasteiger partial charge >= 0.3 is 0 Å². The maximum absolute atomic E-state index is 12.3. The molecule has 3 aromatic rings. The van der Waals surface area contributed by atoms with Crippen LogP contribution in [0.5, 0.6) is 0 Å². The highest BCUT2D eigenvalue weighted by Crippen LogP contribution is 2.33. The van der Waals surface area contributed by atoms with E-state index in [1.807, 2.05) is 43.6 Å². The van der Waals surface area contributed by atoms with Crippen molar-refractivity contribution in [1.82, 2.24) is 19.7 Å². The Bertz CT molecular complexity index is 1110. The van der Waals surface area contributed by atoms with Crippen LogP contribution in [-0.4, -0.2) is 51.8 Å². The number of carbonyl (C=O) groups is 1. The summed E-state index contributed by atoms with van der Waals surface area (Å²) in [6.45, 7) is 4.77. The SMILES string of the molecule is CCC(=O)C1=Cc2nc(-n3cc(-c4ccccc4)cn3)nc(N3CCOCC3)c2C1. The van der Waals surface area contributed by atoms with E-state index in [1.54, 1.807) is 4.68 Å². The maximum Gasteiger partial charge on any atom is 0.253 e. The lowest BCUT2D eigenvalue weighted by atomic mass is 10.1. The van der Waals surface area contributed by atoms with Crippen molar-refractivity contribution in [3.8, 4) is 17.1 Å². The Morgan fingerprint density at radius 1 is 1.10 bits per heavy atom. The third kappa shape index (κ3) is 3.41. The van der Waals surface area contributed by atoms with Crippen LogP contribution in [0.2, 0.25) is 0 Å². The summed E-state index contributed by atoms with van der Waals surface area (Å²) in [6, 6.07) is 10.1. The fourth-order valence-corrected chi connectivity index (χ4v) is 3.93. The van der Waals surface area contributed by atoms with E-state index in [9.17, 15) is 4.79 Å². The molecule has 0 radical (unpaired) electrons. The third-order valence-corrected chi connectivity index (χ3v) is 5.57. The van der Waals surface area contributed by atoms with Crippen molar-refractivity contribution in [2.24, 2.45) is 0 Å². The normalized spacial score (nSPS) is 15.8. The number of morpholine rings is 1. The summed E-state index contributed by atoms with van der Waals surface area (Å²) in [7, 11) is 0. The number of hydrogen-bond donors (Lipinski definition) is 0. The fraction of sp³-hybridized carbons (Fsp3) is 0.304. The van der Waals surface area contributed by atoms with E-state index in [0.29, 0.717) is 32.0 Å². The number of ether oxygens (including phenoxy) is 1. The molecule has 1 aliphatic carbocycles. The summed E-state index contributed by atoms with van der Waals surface area (Å²) in [5, 5.41) is 4.51. The first-order chi connectivity index (χ1) is 14.7. The van der Waals surface area contributed by atoms with E-state index in [0.717, 1.165) is 46.9 Å². The third-order valence-electron chi connectivity index (χ3n) is 5.57. The zero-order chi connectivity index (χ0) is 20.5. The molecule has 152 valence electrons. The van der Waals surface area contributed by atoms with Gasteiger partial charge in [-0.2, -0.15) is 10.1 Å². The highest BCUT2D eigenvalue weighted by molar-refractivity contribution is 6.01. The molecule has 1 saturated heterocycles. The number of aromatic nitrogens is 4. The highest BCUT2D eigenvalue weighted by atomic mass is 16.5. The van der Waals surface area contributed by atoms with Crippen LogP contribution in [0.25, 0.3) is 23.2 Å². The average Bonchev–Trinajstić information content (AvgIpc) is 3.46. The molecule has 7 heteroatoms. The van der Waals surface area contributed by atoms with Gasteiger partial charge in [0.25, 0.3) is 5.95 Å². The molecule has 0 bridgehead atoms. The van der Waals surface area contributed by atoms with Crippen LogP contribution in [-0.2, 0) is 16.0 Å². The Morgan fingerprint density at radius 2 is 1.90 bits per heavy atom. The number of hydrogen-bond acceptors (Lipinski definition) is 6. The van der Waals surface area contributed by atoms with Crippen LogP contribution in [0.3, 0.4) is 0 Å². The van der Waals surface area contributed by atoms with Crippen LogP contribution in [0, 0.1) is 0 Å². The number of carbonyl (C=O) groups excluding carboxylic acids is 1. The maximum atomic E-state index is 12.3. The Morgan fingerprint density at radius 3 is 2.67 bits per heavy atom. The minimum atomic E-state index is 0.160. The summed E-state index contributed by atoms with van der Waals surface area (Å²) in [5.41, 5.74) is 4.74. The van der Waals surface area contributed by atoms with Crippen molar-refractivity contribution in [3.63, 3.8) is 0 Å². The molecule has 7 nitrogen and oxygen atoms in total. The minimum Gasteiger partial charge on any atom is -0.378 e. The van der Waals surface area contributed by atoms with E-state index >= 15 is 0 Å². The molecule has 0 spiro atoms. The first-order valence-electron chi connectivity index (χ1n) is 10.3. The van der Waals surface area contributed by atoms with Crippen molar-refractivity contribution in [2.75, 3.05) is 31.2 Å². The van der Waals surface area contributed by atoms with E-state index in [1.165, 1.54) is 0 Å². The summed E-state index contributed by atoms with van der Waals surface area (Å²) >= 11 is 0. The fourth-order valence-electron chi connectivity index (χ4n) is 3.93. The second kappa shape index (κ2) is 7.84. The lowest BCUT2D eigenvalue weighted by Crippen LogP contribution is -2.37. The number of rotatable bonds is 5. The second-order valence-corrected chi connectivity index (χ2v) is 7.47. The van der Waals surface area contributed by atoms with Crippen molar-refractivity contribution in [2.45, 2.75) is 19.8 Å². The van der Waals surface area contributed by atoms with Gasteiger partial charge in [-0.1, -0.05) is 37.3 Å². The van der Waals surface area contributed by atoms with Gasteiger partial charge < -0.3 is 9.64 Å². The lowest BCUT2D eigenvalue weighted by Gasteiger charge is -2.29. The van der Waals surface area contributed by atoms with Crippen LogP contribution in [0.15, 0.2) is 48.3 Å². The Labute approximate surface area is 175 Å². The van der Waals surface area contributed by atoms with Gasteiger partial charge in [-0.25, -0.2) is 9.67 Å². The summed E-state index contributed by atoms with van der Waals surface area (Å²) < 4.78 is 7.22.